The molecule has 2 aromatic rings. The van der Waals surface area contributed by atoms with Gasteiger partial charge in [-0.25, -0.2) is 4.79 Å². The van der Waals surface area contributed by atoms with Crippen LogP contribution in [-0.2, 0) is 11.2 Å². The molecule has 3 nitrogen and oxygen atoms in total. The summed E-state index contributed by atoms with van der Waals surface area (Å²) in [7, 11) is 1.28. The molecule has 0 saturated carbocycles. The summed E-state index contributed by atoms with van der Waals surface area (Å²) in [5.41, 5.74) is 5.22. The number of benzene rings is 2. The lowest BCUT2D eigenvalue weighted by Gasteiger charge is -2.12. The lowest BCUT2D eigenvalue weighted by atomic mass is 9.97. The minimum Gasteiger partial charge on any atom is -0.507 e. The minimum atomic E-state index is -0.582. The first kappa shape index (κ1) is 21.8. The predicted octanol–water partition coefficient (Wildman–Crippen LogP) is 6.12. The number of ether oxygens (including phenoxy) is 1. The Morgan fingerprint density at radius 1 is 1.15 bits per heavy atom. The quantitative estimate of drug-likeness (QED) is 0.655. The van der Waals surface area contributed by atoms with Crippen molar-refractivity contribution in [1.29, 1.82) is 0 Å². The highest BCUT2D eigenvalue weighted by molar-refractivity contribution is 6.31. The second-order valence-electron chi connectivity index (χ2n) is 5.89. The average molecular weight is 375 g/mol. The second kappa shape index (κ2) is 10.0. The van der Waals surface area contributed by atoms with Crippen molar-refractivity contribution in [2.45, 2.75) is 41.0 Å². The van der Waals surface area contributed by atoms with Crippen LogP contribution in [0.25, 0.3) is 6.08 Å². The van der Waals surface area contributed by atoms with Gasteiger partial charge in [-0.05, 0) is 56.0 Å². The number of carbonyl (C=O) groups is 1. The molecule has 2 rings (SSSR count). The van der Waals surface area contributed by atoms with Gasteiger partial charge in [0.25, 0.3) is 0 Å². The summed E-state index contributed by atoms with van der Waals surface area (Å²) in [5.74, 6) is -0.703. The summed E-state index contributed by atoms with van der Waals surface area (Å²) in [6.07, 6.45) is 2.54. The van der Waals surface area contributed by atoms with Gasteiger partial charge < -0.3 is 9.84 Å². The van der Waals surface area contributed by atoms with Gasteiger partial charge in [0.1, 0.15) is 11.3 Å². The van der Waals surface area contributed by atoms with E-state index in [9.17, 15) is 9.90 Å². The molecule has 0 aromatic heterocycles. The fraction of sp³-hybridized carbons (Fsp3) is 0.318. The van der Waals surface area contributed by atoms with Crippen molar-refractivity contribution < 1.29 is 14.6 Å². The van der Waals surface area contributed by atoms with Gasteiger partial charge in [0.05, 0.1) is 7.11 Å². The van der Waals surface area contributed by atoms with Gasteiger partial charge in [0.2, 0.25) is 0 Å². The molecule has 0 aliphatic carbocycles. The molecule has 0 amide bonds. The molecule has 1 N–H and O–H groups in total. The third-order valence-corrected chi connectivity index (χ3v) is 4.37. The summed E-state index contributed by atoms with van der Waals surface area (Å²) < 4.78 is 4.69. The van der Waals surface area contributed by atoms with Crippen molar-refractivity contribution >= 4 is 23.6 Å². The molecule has 140 valence electrons. The van der Waals surface area contributed by atoms with Crippen LogP contribution in [0.4, 0.5) is 0 Å². The number of esters is 1. The topological polar surface area (TPSA) is 46.5 Å². The van der Waals surface area contributed by atoms with E-state index in [1.165, 1.54) is 24.3 Å². The Hall–Kier alpha value is -2.26. The molecule has 0 bridgehead atoms. The van der Waals surface area contributed by atoms with Crippen molar-refractivity contribution in [1.82, 2.24) is 0 Å². The SMILES string of the molecule is CC.COC(=O)c1ccc(Cl)c(C/C(C)=C/c2c(C)cccc2C)c1O. The fourth-order valence-electron chi connectivity index (χ4n) is 2.69. The zero-order chi connectivity index (χ0) is 19.9. The summed E-state index contributed by atoms with van der Waals surface area (Å²) in [6, 6.07) is 9.23. The molecular formula is C22H27ClO3. The average Bonchev–Trinajstić information content (AvgIpc) is 2.63. The molecule has 0 unspecified atom stereocenters. The molecule has 0 radical (unpaired) electrons. The number of carbonyl (C=O) groups excluding carboxylic acids is 1. The second-order valence-corrected chi connectivity index (χ2v) is 6.29. The third kappa shape index (κ3) is 5.12. The highest BCUT2D eigenvalue weighted by Gasteiger charge is 2.17. The molecule has 0 spiro atoms. The Bertz CT molecular complexity index is 787. The molecule has 0 aliphatic rings. The number of phenolic OH excluding ortho intramolecular Hbond substituents is 1. The lowest BCUT2D eigenvalue weighted by Crippen LogP contribution is -2.03. The van der Waals surface area contributed by atoms with Crippen LogP contribution in [0.2, 0.25) is 5.02 Å². The highest BCUT2D eigenvalue weighted by Crippen LogP contribution is 2.32. The van der Waals surface area contributed by atoms with Gasteiger partial charge in [0.15, 0.2) is 0 Å². The molecule has 0 aliphatic heterocycles. The first-order valence-corrected chi connectivity index (χ1v) is 9.05. The number of rotatable bonds is 4. The van der Waals surface area contributed by atoms with E-state index < -0.39 is 5.97 Å². The van der Waals surface area contributed by atoms with Gasteiger partial charge in [-0.1, -0.05) is 55.3 Å². The molecule has 26 heavy (non-hydrogen) atoms. The number of hydrogen-bond acceptors (Lipinski definition) is 3. The van der Waals surface area contributed by atoms with Crippen molar-refractivity contribution in [3.8, 4) is 5.75 Å². The third-order valence-electron chi connectivity index (χ3n) is 4.02. The first-order chi connectivity index (χ1) is 12.3. The Kier molecular flexibility index (Phi) is 8.40. The molecule has 2 aromatic carbocycles. The van der Waals surface area contributed by atoms with Crippen molar-refractivity contribution in [2.75, 3.05) is 7.11 Å². The number of methoxy groups -OCH3 is 1. The zero-order valence-corrected chi connectivity index (χ0v) is 17.1. The van der Waals surface area contributed by atoms with Crippen LogP contribution in [0, 0.1) is 13.8 Å². The van der Waals surface area contributed by atoms with E-state index in [-0.39, 0.29) is 11.3 Å². The van der Waals surface area contributed by atoms with E-state index in [0.717, 1.165) is 11.1 Å². The lowest BCUT2D eigenvalue weighted by molar-refractivity contribution is 0.0597. The highest BCUT2D eigenvalue weighted by atomic mass is 35.5. The molecule has 0 heterocycles. The zero-order valence-electron chi connectivity index (χ0n) is 16.3. The van der Waals surface area contributed by atoms with Crippen LogP contribution in [0.15, 0.2) is 35.9 Å². The summed E-state index contributed by atoms with van der Waals surface area (Å²) in [4.78, 5) is 11.7. The first-order valence-electron chi connectivity index (χ1n) is 8.67. The maximum Gasteiger partial charge on any atom is 0.341 e. The number of halogens is 1. The smallest absolute Gasteiger partial charge is 0.341 e. The Morgan fingerprint density at radius 2 is 1.73 bits per heavy atom. The molecular weight excluding hydrogens is 348 g/mol. The van der Waals surface area contributed by atoms with Gasteiger partial charge in [0, 0.05) is 10.6 Å². The summed E-state index contributed by atoms with van der Waals surface area (Å²) in [6.45, 7) is 10.1. The van der Waals surface area contributed by atoms with Crippen molar-refractivity contribution in [2.24, 2.45) is 0 Å². The van der Waals surface area contributed by atoms with Crippen molar-refractivity contribution in [3.63, 3.8) is 0 Å². The molecule has 4 heteroatoms. The van der Waals surface area contributed by atoms with Crippen LogP contribution in [0.3, 0.4) is 0 Å². The fourth-order valence-corrected chi connectivity index (χ4v) is 2.91. The number of aryl methyl sites for hydroxylation is 2. The van der Waals surface area contributed by atoms with E-state index in [0.29, 0.717) is 17.0 Å². The maximum absolute atomic E-state index is 11.7. The van der Waals surface area contributed by atoms with Gasteiger partial charge in [-0.15, -0.1) is 0 Å². The summed E-state index contributed by atoms with van der Waals surface area (Å²) >= 11 is 6.22. The van der Waals surface area contributed by atoms with Crippen LogP contribution in [0.5, 0.6) is 5.75 Å². The number of allylic oxidation sites excluding steroid dienone is 1. The van der Waals surface area contributed by atoms with Gasteiger partial charge in [-0.3, -0.25) is 0 Å². The van der Waals surface area contributed by atoms with E-state index >= 15 is 0 Å². The summed E-state index contributed by atoms with van der Waals surface area (Å²) in [5, 5.41) is 10.8. The Labute approximate surface area is 161 Å². The van der Waals surface area contributed by atoms with Crippen LogP contribution >= 0.6 is 11.6 Å². The van der Waals surface area contributed by atoms with E-state index in [1.807, 2.05) is 26.8 Å². The van der Waals surface area contributed by atoms with Crippen molar-refractivity contribution in [3.05, 3.63) is 68.7 Å². The predicted molar refractivity (Wildman–Crippen MR) is 109 cm³/mol. The Morgan fingerprint density at radius 3 is 2.27 bits per heavy atom. The van der Waals surface area contributed by atoms with E-state index in [1.54, 1.807) is 6.07 Å². The van der Waals surface area contributed by atoms with Gasteiger partial charge in [-0.2, -0.15) is 0 Å². The number of aromatic hydroxyl groups is 1. The minimum absolute atomic E-state index is 0.122. The molecule has 0 fully saturated rings. The largest absolute Gasteiger partial charge is 0.507 e. The Balaban J connectivity index is 0.00000163. The monoisotopic (exact) mass is 374 g/mol. The van der Waals surface area contributed by atoms with Crippen LogP contribution in [0.1, 0.15) is 53.4 Å². The maximum atomic E-state index is 11.7. The van der Waals surface area contributed by atoms with E-state index in [2.05, 4.69) is 36.8 Å². The van der Waals surface area contributed by atoms with Crippen LogP contribution < -0.4 is 0 Å². The standard InChI is InChI=1S/C20H21ClO3.C2H6/c1-12(10-16-13(2)6-5-7-14(16)3)11-17-18(21)9-8-15(19(17)22)20(23)24-4;1-2/h5-10,22H,11H2,1-4H3;1-2H3/b12-10+;. The van der Waals surface area contributed by atoms with Crippen LogP contribution in [-0.4, -0.2) is 18.2 Å². The van der Waals surface area contributed by atoms with E-state index in [4.69, 9.17) is 11.6 Å². The normalized spacial score (nSPS) is 10.8. The number of hydrogen-bond donors (Lipinski definition) is 1. The van der Waals surface area contributed by atoms with Gasteiger partial charge >= 0.3 is 5.97 Å². The molecule has 0 atom stereocenters. The number of phenols is 1. The molecule has 0 saturated heterocycles.